The average Bonchev–Trinajstić information content (AvgIpc) is 2.72. The third-order valence-electron chi connectivity index (χ3n) is 2.66. The zero-order valence-corrected chi connectivity index (χ0v) is 9.73. The SMILES string of the molecule is Cc1cc(-c2nc3nc(C)ccc3[nH]2)ccn1. The van der Waals surface area contributed by atoms with Gasteiger partial charge in [0.2, 0.25) is 0 Å². The van der Waals surface area contributed by atoms with Gasteiger partial charge < -0.3 is 4.98 Å². The van der Waals surface area contributed by atoms with Gasteiger partial charge in [0, 0.05) is 23.1 Å². The molecule has 0 bridgehead atoms. The van der Waals surface area contributed by atoms with Crippen molar-refractivity contribution in [2.75, 3.05) is 0 Å². The summed E-state index contributed by atoms with van der Waals surface area (Å²) < 4.78 is 0. The fourth-order valence-corrected chi connectivity index (χ4v) is 1.82. The molecule has 4 heteroatoms. The Morgan fingerprint density at radius 1 is 1.00 bits per heavy atom. The van der Waals surface area contributed by atoms with Gasteiger partial charge in [-0.3, -0.25) is 4.98 Å². The number of rotatable bonds is 1. The van der Waals surface area contributed by atoms with Crippen molar-refractivity contribution in [2.45, 2.75) is 13.8 Å². The molecule has 0 aliphatic carbocycles. The summed E-state index contributed by atoms with van der Waals surface area (Å²) in [6, 6.07) is 7.92. The van der Waals surface area contributed by atoms with Crippen LogP contribution in [0.3, 0.4) is 0 Å². The number of pyridine rings is 2. The second-order valence-corrected chi connectivity index (χ2v) is 4.10. The van der Waals surface area contributed by atoms with Gasteiger partial charge in [-0.2, -0.15) is 0 Å². The van der Waals surface area contributed by atoms with Crippen LogP contribution in [0.25, 0.3) is 22.6 Å². The normalized spacial score (nSPS) is 10.9. The van der Waals surface area contributed by atoms with E-state index >= 15 is 0 Å². The van der Waals surface area contributed by atoms with Crippen molar-refractivity contribution in [3.63, 3.8) is 0 Å². The largest absolute Gasteiger partial charge is 0.337 e. The lowest BCUT2D eigenvalue weighted by Crippen LogP contribution is -1.84. The number of imidazole rings is 1. The predicted octanol–water partition coefficient (Wildman–Crippen LogP) is 2.64. The minimum atomic E-state index is 0.759. The summed E-state index contributed by atoms with van der Waals surface area (Å²) in [7, 11) is 0. The van der Waals surface area contributed by atoms with Crippen LogP contribution in [-0.4, -0.2) is 19.9 Å². The summed E-state index contributed by atoms with van der Waals surface area (Å²) in [5, 5.41) is 0. The molecule has 0 saturated carbocycles. The molecule has 0 unspecified atom stereocenters. The van der Waals surface area contributed by atoms with Crippen molar-refractivity contribution in [3.8, 4) is 11.4 Å². The Balaban J connectivity index is 2.18. The van der Waals surface area contributed by atoms with E-state index in [1.54, 1.807) is 6.20 Å². The van der Waals surface area contributed by atoms with Gasteiger partial charge in [-0.25, -0.2) is 9.97 Å². The van der Waals surface area contributed by atoms with E-state index in [-0.39, 0.29) is 0 Å². The molecule has 1 N–H and O–H groups in total. The van der Waals surface area contributed by atoms with Gasteiger partial charge in [-0.15, -0.1) is 0 Å². The van der Waals surface area contributed by atoms with E-state index in [0.717, 1.165) is 33.9 Å². The van der Waals surface area contributed by atoms with Crippen LogP contribution in [0.4, 0.5) is 0 Å². The van der Waals surface area contributed by atoms with Crippen molar-refractivity contribution in [3.05, 3.63) is 41.9 Å². The fraction of sp³-hybridized carbons (Fsp3) is 0.154. The molecular formula is C13H12N4. The molecule has 0 aliphatic rings. The van der Waals surface area contributed by atoms with E-state index in [4.69, 9.17) is 0 Å². The third-order valence-corrected chi connectivity index (χ3v) is 2.66. The molecular weight excluding hydrogens is 212 g/mol. The van der Waals surface area contributed by atoms with Gasteiger partial charge in [-0.1, -0.05) is 0 Å². The van der Waals surface area contributed by atoms with Crippen LogP contribution in [-0.2, 0) is 0 Å². The lowest BCUT2D eigenvalue weighted by atomic mass is 10.2. The molecule has 3 heterocycles. The molecule has 3 aromatic rings. The maximum absolute atomic E-state index is 4.49. The van der Waals surface area contributed by atoms with Crippen LogP contribution in [0.2, 0.25) is 0 Å². The van der Waals surface area contributed by atoms with Crippen LogP contribution in [0.15, 0.2) is 30.5 Å². The van der Waals surface area contributed by atoms with Crippen LogP contribution in [0, 0.1) is 13.8 Å². The molecule has 0 atom stereocenters. The van der Waals surface area contributed by atoms with Gasteiger partial charge in [-0.05, 0) is 38.1 Å². The Hall–Kier alpha value is -2.23. The maximum Gasteiger partial charge on any atom is 0.178 e. The Morgan fingerprint density at radius 3 is 2.71 bits per heavy atom. The molecule has 0 spiro atoms. The molecule has 84 valence electrons. The number of H-pyrrole nitrogens is 1. The highest BCUT2D eigenvalue weighted by Gasteiger charge is 2.06. The first-order chi connectivity index (χ1) is 8.22. The number of aromatic amines is 1. The topological polar surface area (TPSA) is 54.5 Å². The fourth-order valence-electron chi connectivity index (χ4n) is 1.82. The Kier molecular flexibility index (Phi) is 2.14. The minimum Gasteiger partial charge on any atom is -0.337 e. The molecule has 4 nitrogen and oxygen atoms in total. The zero-order valence-electron chi connectivity index (χ0n) is 9.73. The number of nitrogens with zero attached hydrogens (tertiary/aromatic N) is 3. The highest BCUT2D eigenvalue weighted by atomic mass is 15.0. The molecule has 17 heavy (non-hydrogen) atoms. The van der Waals surface area contributed by atoms with Crippen LogP contribution < -0.4 is 0 Å². The van der Waals surface area contributed by atoms with E-state index in [2.05, 4.69) is 19.9 Å². The highest BCUT2D eigenvalue weighted by Crippen LogP contribution is 2.19. The smallest absolute Gasteiger partial charge is 0.178 e. The first-order valence-electron chi connectivity index (χ1n) is 5.49. The second kappa shape index (κ2) is 3.66. The minimum absolute atomic E-state index is 0.759. The Bertz CT molecular complexity index is 685. The molecule has 0 fully saturated rings. The van der Waals surface area contributed by atoms with Crippen LogP contribution in [0.5, 0.6) is 0 Å². The average molecular weight is 224 g/mol. The van der Waals surface area contributed by atoms with Crippen LogP contribution >= 0.6 is 0 Å². The molecule has 0 amide bonds. The number of aryl methyl sites for hydroxylation is 2. The maximum atomic E-state index is 4.49. The number of fused-ring (bicyclic) bond motifs is 1. The third kappa shape index (κ3) is 1.78. The van der Waals surface area contributed by atoms with Gasteiger partial charge in [0.05, 0.1) is 5.52 Å². The summed E-state index contributed by atoms with van der Waals surface area (Å²) in [5.74, 6) is 0.837. The van der Waals surface area contributed by atoms with E-state index in [1.807, 2.05) is 38.1 Å². The summed E-state index contributed by atoms with van der Waals surface area (Å²) in [4.78, 5) is 16.3. The molecule has 0 aromatic carbocycles. The van der Waals surface area contributed by atoms with Crippen molar-refractivity contribution in [1.82, 2.24) is 19.9 Å². The van der Waals surface area contributed by atoms with Crippen molar-refractivity contribution < 1.29 is 0 Å². The molecule has 0 aliphatic heterocycles. The number of aromatic nitrogens is 4. The monoisotopic (exact) mass is 224 g/mol. The summed E-state index contributed by atoms with van der Waals surface area (Å²) in [6.07, 6.45) is 1.79. The summed E-state index contributed by atoms with van der Waals surface area (Å²) in [5.41, 5.74) is 4.70. The van der Waals surface area contributed by atoms with Gasteiger partial charge in [0.25, 0.3) is 0 Å². The van der Waals surface area contributed by atoms with E-state index in [9.17, 15) is 0 Å². The zero-order chi connectivity index (χ0) is 11.8. The van der Waals surface area contributed by atoms with E-state index < -0.39 is 0 Å². The van der Waals surface area contributed by atoms with Gasteiger partial charge in [0.15, 0.2) is 5.65 Å². The standard InChI is InChI=1S/C13H12N4/c1-8-3-4-11-13(15-8)17-12(16-11)10-5-6-14-9(2)7-10/h3-7H,1-2H3,(H,15,16,17). The highest BCUT2D eigenvalue weighted by molar-refractivity contribution is 5.75. The Labute approximate surface area is 98.8 Å². The van der Waals surface area contributed by atoms with Crippen LogP contribution in [0.1, 0.15) is 11.4 Å². The summed E-state index contributed by atoms with van der Waals surface area (Å²) in [6.45, 7) is 3.93. The van der Waals surface area contributed by atoms with E-state index in [0.29, 0.717) is 0 Å². The molecule has 3 aromatic heterocycles. The Morgan fingerprint density at radius 2 is 1.88 bits per heavy atom. The van der Waals surface area contributed by atoms with E-state index in [1.165, 1.54) is 0 Å². The number of nitrogens with one attached hydrogen (secondary N) is 1. The predicted molar refractivity (Wildman–Crippen MR) is 66.6 cm³/mol. The van der Waals surface area contributed by atoms with Crippen molar-refractivity contribution >= 4 is 11.2 Å². The summed E-state index contributed by atoms with van der Waals surface area (Å²) >= 11 is 0. The second-order valence-electron chi connectivity index (χ2n) is 4.10. The quantitative estimate of drug-likeness (QED) is 0.691. The first-order valence-corrected chi connectivity index (χ1v) is 5.49. The number of hydrogen-bond acceptors (Lipinski definition) is 3. The molecule has 0 radical (unpaired) electrons. The lowest BCUT2D eigenvalue weighted by molar-refractivity contribution is 1.19. The first kappa shape index (κ1) is 9.96. The van der Waals surface area contributed by atoms with Gasteiger partial charge >= 0.3 is 0 Å². The van der Waals surface area contributed by atoms with Crippen molar-refractivity contribution in [2.24, 2.45) is 0 Å². The number of hydrogen-bond donors (Lipinski definition) is 1. The lowest BCUT2D eigenvalue weighted by Gasteiger charge is -1.96. The van der Waals surface area contributed by atoms with Gasteiger partial charge in [0.1, 0.15) is 5.82 Å². The molecule has 3 rings (SSSR count). The molecule has 0 saturated heterocycles. The van der Waals surface area contributed by atoms with Crippen molar-refractivity contribution in [1.29, 1.82) is 0 Å².